The fourth-order valence-corrected chi connectivity index (χ4v) is 3.21. The first-order chi connectivity index (χ1) is 13.0. The van der Waals surface area contributed by atoms with Crippen molar-refractivity contribution < 1.29 is 13.9 Å². The number of nitrogens with zero attached hydrogens (tertiary/aromatic N) is 4. The molecule has 1 aliphatic rings. The largest absolute Gasteiger partial charge is 0.490 e. The second kappa shape index (κ2) is 8.33. The second-order valence-electron chi connectivity index (χ2n) is 7.06. The number of carbonyl (C=O) groups is 1. The zero-order valence-electron chi connectivity index (χ0n) is 16.0. The second-order valence-corrected chi connectivity index (χ2v) is 7.06. The van der Waals surface area contributed by atoms with Crippen LogP contribution < -0.4 is 9.64 Å². The molecule has 0 N–H and O–H groups in total. The number of amides is 1. The zero-order valence-corrected chi connectivity index (χ0v) is 16.0. The number of anilines is 1. The molecule has 7 heteroatoms. The Balaban J connectivity index is 1.63. The van der Waals surface area contributed by atoms with Crippen LogP contribution in [0.3, 0.4) is 0 Å². The van der Waals surface area contributed by atoms with E-state index in [4.69, 9.17) is 4.74 Å². The van der Waals surface area contributed by atoms with Crippen molar-refractivity contribution in [2.75, 3.05) is 38.7 Å². The Labute approximate surface area is 159 Å². The summed E-state index contributed by atoms with van der Waals surface area (Å²) < 4.78 is 19.3. The number of aromatic nitrogens is 2. The van der Waals surface area contributed by atoms with Gasteiger partial charge in [-0.3, -0.25) is 4.79 Å². The number of para-hydroxylation sites is 1. The molecule has 0 radical (unpaired) electrons. The normalized spacial score (nSPS) is 16.9. The Morgan fingerprint density at radius 3 is 2.85 bits per heavy atom. The lowest BCUT2D eigenvalue weighted by Crippen LogP contribution is -2.42. The summed E-state index contributed by atoms with van der Waals surface area (Å²) >= 11 is 0. The number of likely N-dealkylation sites (tertiary alicyclic amines) is 1. The molecule has 3 rings (SSSR count). The molecule has 1 aliphatic heterocycles. The Morgan fingerprint density at radius 2 is 2.15 bits per heavy atom. The van der Waals surface area contributed by atoms with E-state index in [1.807, 2.05) is 25.9 Å². The SMILES string of the molecule is Cc1nc(N(C)C)ncc1C(=O)N1CCCC(COc2ccccc2F)C1. The summed E-state index contributed by atoms with van der Waals surface area (Å²) in [5, 5.41) is 0. The minimum Gasteiger partial charge on any atom is -0.490 e. The molecule has 0 aliphatic carbocycles. The number of carbonyl (C=O) groups excluding carboxylic acids is 1. The maximum Gasteiger partial charge on any atom is 0.257 e. The van der Waals surface area contributed by atoms with Crippen LogP contribution >= 0.6 is 0 Å². The molecule has 1 fully saturated rings. The van der Waals surface area contributed by atoms with E-state index in [9.17, 15) is 9.18 Å². The summed E-state index contributed by atoms with van der Waals surface area (Å²) in [5.41, 5.74) is 1.19. The monoisotopic (exact) mass is 372 g/mol. The predicted molar refractivity (Wildman–Crippen MR) is 102 cm³/mol. The Morgan fingerprint density at radius 1 is 1.37 bits per heavy atom. The van der Waals surface area contributed by atoms with Crippen LogP contribution in [-0.2, 0) is 0 Å². The average molecular weight is 372 g/mol. The van der Waals surface area contributed by atoms with E-state index < -0.39 is 0 Å². The van der Waals surface area contributed by atoms with Gasteiger partial charge in [0.15, 0.2) is 11.6 Å². The number of benzene rings is 1. The lowest BCUT2D eigenvalue weighted by molar-refractivity contribution is 0.0629. The van der Waals surface area contributed by atoms with Gasteiger partial charge in [-0.05, 0) is 31.9 Å². The molecule has 0 saturated carbocycles. The number of hydrogen-bond donors (Lipinski definition) is 0. The van der Waals surface area contributed by atoms with Crippen LogP contribution in [0.2, 0.25) is 0 Å². The fourth-order valence-electron chi connectivity index (χ4n) is 3.21. The smallest absolute Gasteiger partial charge is 0.257 e. The first-order valence-corrected chi connectivity index (χ1v) is 9.13. The molecular formula is C20H25FN4O2. The predicted octanol–water partition coefficient (Wildman–Crippen LogP) is 2.92. The van der Waals surface area contributed by atoms with Crippen LogP contribution in [0.15, 0.2) is 30.5 Å². The third kappa shape index (κ3) is 4.53. The molecule has 144 valence electrons. The first kappa shape index (κ1) is 19.1. The van der Waals surface area contributed by atoms with Gasteiger partial charge in [-0.1, -0.05) is 12.1 Å². The number of hydrogen-bond acceptors (Lipinski definition) is 5. The number of halogens is 1. The average Bonchev–Trinajstić information content (AvgIpc) is 2.67. The minimum absolute atomic E-state index is 0.0617. The number of piperidine rings is 1. The van der Waals surface area contributed by atoms with Gasteiger partial charge in [0, 0.05) is 39.3 Å². The number of rotatable bonds is 5. The van der Waals surface area contributed by atoms with Crippen LogP contribution in [0, 0.1) is 18.7 Å². The van der Waals surface area contributed by atoms with E-state index in [0.717, 1.165) is 12.8 Å². The van der Waals surface area contributed by atoms with E-state index >= 15 is 0 Å². The lowest BCUT2D eigenvalue weighted by Gasteiger charge is -2.33. The summed E-state index contributed by atoms with van der Waals surface area (Å²) in [4.78, 5) is 25.2. The van der Waals surface area contributed by atoms with Crippen molar-refractivity contribution in [3.63, 3.8) is 0 Å². The summed E-state index contributed by atoms with van der Waals surface area (Å²) in [6.07, 6.45) is 3.44. The standard InChI is InChI=1S/C20H25FN4O2/c1-14-16(11-22-20(23-14)24(2)3)19(26)25-10-6-7-15(12-25)13-27-18-9-5-4-8-17(18)21/h4-5,8-9,11,15H,6-7,10,12-13H2,1-3H3. The molecule has 1 unspecified atom stereocenters. The molecule has 1 atom stereocenters. The van der Waals surface area contributed by atoms with Crippen LogP contribution in [0.25, 0.3) is 0 Å². The Hall–Kier alpha value is -2.70. The molecule has 1 amide bonds. The minimum atomic E-state index is -0.366. The van der Waals surface area contributed by atoms with Crippen molar-refractivity contribution in [2.45, 2.75) is 19.8 Å². The summed E-state index contributed by atoms with van der Waals surface area (Å²) in [5.74, 6) is 0.580. The van der Waals surface area contributed by atoms with Crippen molar-refractivity contribution in [2.24, 2.45) is 5.92 Å². The van der Waals surface area contributed by atoms with Gasteiger partial charge in [0.2, 0.25) is 5.95 Å². The van der Waals surface area contributed by atoms with Crippen molar-refractivity contribution in [1.82, 2.24) is 14.9 Å². The van der Waals surface area contributed by atoms with Crippen LogP contribution in [0.4, 0.5) is 10.3 Å². The van der Waals surface area contributed by atoms with Gasteiger partial charge in [-0.15, -0.1) is 0 Å². The Kier molecular flexibility index (Phi) is 5.88. The highest BCUT2D eigenvalue weighted by Gasteiger charge is 2.26. The molecular weight excluding hydrogens is 347 g/mol. The van der Waals surface area contributed by atoms with E-state index in [2.05, 4.69) is 9.97 Å². The van der Waals surface area contributed by atoms with Gasteiger partial charge < -0.3 is 14.5 Å². The topological polar surface area (TPSA) is 58.6 Å². The molecule has 0 bridgehead atoms. The van der Waals surface area contributed by atoms with Gasteiger partial charge in [-0.2, -0.15) is 0 Å². The third-order valence-corrected chi connectivity index (χ3v) is 4.71. The molecule has 6 nitrogen and oxygen atoms in total. The first-order valence-electron chi connectivity index (χ1n) is 9.13. The maximum atomic E-state index is 13.7. The quantitative estimate of drug-likeness (QED) is 0.808. The van der Waals surface area contributed by atoms with Gasteiger partial charge in [-0.25, -0.2) is 14.4 Å². The molecule has 0 spiro atoms. The zero-order chi connectivity index (χ0) is 19.4. The highest BCUT2D eigenvalue weighted by molar-refractivity contribution is 5.95. The van der Waals surface area contributed by atoms with Gasteiger partial charge in [0.05, 0.1) is 17.9 Å². The van der Waals surface area contributed by atoms with Crippen molar-refractivity contribution in [1.29, 1.82) is 0 Å². The summed E-state index contributed by atoms with van der Waals surface area (Å²) in [7, 11) is 3.72. The van der Waals surface area contributed by atoms with Crippen molar-refractivity contribution in [3.8, 4) is 5.75 Å². The van der Waals surface area contributed by atoms with Crippen LogP contribution in [0.5, 0.6) is 5.75 Å². The van der Waals surface area contributed by atoms with Gasteiger partial charge in [0.1, 0.15) is 0 Å². The van der Waals surface area contributed by atoms with Gasteiger partial charge >= 0.3 is 0 Å². The summed E-state index contributed by atoms with van der Waals surface area (Å²) in [6.45, 7) is 3.50. The molecule has 2 aromatic rings. The lowest BCUT2D eigenvalue weighted by atomic mass is 9.98. The fraction of sp³-hybridized carbons (Fsp3) is 0.450. The highest BCUT2D eigenvalue weighted by atomic mass is 19.1. The molecule has 27 heavy (non-hydrogen) atoms. The molecule has 2 heterocycles. The maximum absolute atomic E-state index is 13.7. The molecule has 1 aromatic heterocycles. The summed E-state index contributed by atoms with van der Waals surface area (Å²) in [6, 6.07) is 6.38. The number of aryl methyl sites for hydroxylation is 1. The van der Waals surface area contributed by atoms with Crippen LogP contribution in [0.1, 0.15) is 28.9 Å². The third-order valence-electron chi connectivity index (χ3n) is 4.71. The van der Waals surface area contributed by atoms with Crippen LogP contribution in [-0.4, -0.2) is 54.6 Å². The Bertz CT molecular complexity index is 812. The van der Waals surface area contributed by atoms with Crippen molar-refractivity contribution in [3.05, 3.63) is 47.5 Å². The van der Waals surface area contributed by atoms with E-state index in [0.29, 0.717) is 36.9 Å². The van der Waals surface area contributed by atoms with E-state index in [-0.39, 0.29) is 23.4 Å². The molecule has 1 saturated heterocycles. The molecule has 1 aromatic carbocycles. The number of ether oxygens (including phenoxy) is 1. The van der Waals surface area contributed by atoms with E-state index in [1.54, 1.807) is 29.3 Å². The van der Waals surface area contributed by atoms with Gasteiger partial charge in [0.25, 0.3) is 5.91 Å². The van der Waals surface area contributed by atoms with Crippen molar-refractivity contribution >= 4 is 11.9 Å². The van der Waals surface area contributed by atoms with E-state index in [1.165, 1.54) is 6.07 Å². The highest BCUT2D eigenvalue weighted by Crippen LogP contribution is 2.22.